The first-order valence-electron chi connectivity index (χ1n) is 5.30. The lowest BCUT2D eigenvalue weighted by Gasteiger charge is -2.05. The molecule has 0 radical (unpaired) electrons. The highest BCUT2D eigenvalue weighted by Gasteiger charge is 2.02. The lowest BCUT2D eigenvalue weighted by molar-refractivity contribution is 0.867. The Balaban J connectivity index is 2.32. The van der Waals surface area contributed by atoms with Crippen LogP contribution in [0.1, 0.15) is 0 Å². The smallest absolute Gasteiger partial charge is 0.268 e. The molecule has 0 saturated carbocycles. The van der Waals surface area contributed by atoms with Gasteiger partial charge >= 0.3 is 5.69 Å². The molecule has 2 aromatic rings. The molecule has 0 N–H and O–H groups in total. The predicted molar refractivity (Wildman–Crippen MR) is 83.5 cm³/mol. The first-order chi connectivity index (χ1) is 8.70. The third kappa shape index (κ3) is 3.23. The first kappa shape index (κ1) is 13.4. The van der Waals surface area contributed by atoms with Crippen LogP contribution in [-0.2, 0) is 0 Å². The van der Waals surface area contributed by atoms with Gasteiger partial charge in [0.2, 0.25) is 0 Å². The van der Waals surface area contributed by atoms with Gasteiger partial charge in [-0.15, -0.1) is 18.3 Å². The topological polar surface area (TPSA) is 34.9 Å². The highest BCUT2D eigenvalue weighted by molar-refractivity contribution is 14.1. The Kier molecular flexibility index (Phi) is 4.60. The number of nitrogens with zero attached hydrogens (tertiary/aromatic N) is 2. The van der Waals surface area contributed by atoms with Crippen molar-refractivity contribution in [3.05, 3.63) is 63.2 Å². The summed E-state index contributed by atoms with van der Waals surface area (Å²) in [5.74, 6) is 0.750. The molecule has 1 aromatic carbocycles. The summed E-state index contributed by atoms with van der Waals surface area (Å²) in [6.07, 6.45) is 3.54. The van der Waals surface area contributed by atoms with Gasteiger partial charge in [0.25, 0.3) is 0 Å². The average Bonchev–Trinajstić information content (AvgIpc) is 2.38. The summed E-state index contributed by atoms with van der Waals surface area (Å²) in [6, 6.07) is 9.57. The van der Waals surface area contributed by atoms with Crippen molar-refractivity contribution in [2.75, 3.05) is 5.75 Å². The molecule has 1 heterocycles. The van der Waals surface area contributed by atoms with E-state index in [1.165, 1.54) is 16.3 Å². The van der Waals surface area contributed by atoms with Crippen molar-refractivity contribution in [1.29, 1.82) is 0 Å². The number of halogens is 1. The largest absolute Gasteiger partial charge is 0.353 e. The summed E-state index contributed by atoms with van der Waals surface area (Å²) in [4.78, 5) is 15.9. The first-order valence-corrected chi connectivity index (χ1v) is 7.36. The van der Waals surface area contributed by atoms with Crippen LogP contribution in [0.5, 0.6) is 0 Å². The fourth-order valence-corrected chi connectivity index (χ4v) is 2.36. The zero-order chi connectivity index (χ0) is 13.0. The van der Waals surface area contributed by atoms with Crippen molar-refractivity contribution >= 4 is 34.4 Å². The molecule has 0 amide bonds. The lowest BCUT2D eigenvalue weighted by Crippen LogP contribution is -2.20. The summed E-state index contributed by atoms with van der Waals surface area (Å²) in [7, 11) is 0. The fraction of sp³-hybridized carbons (Fsp3) is 0.0769. The van der Waals surface area contributed by atoms with E-state index in [-0.39, 0.29) is 5.69 Å². The number of benzene rings is 1. The Hall–Kier alpha value is -1.08. The molecule has 0 aliphatic rings. The molecule has 0 saturated heterocycles. The number of thioether (sulfide) groups is 1. The van der Waals surface area contributed by atoms with Crippen LogP contribution >= 0.6 is 34.4 Å². The van der Waals surface area contributed by atoms with E-state index in [2.05, 4.69) is 34.2 Å². The van der Waals surface area contributed by atoms with Crippen LogP contribution in [0.2, 0.25) is 0 Å². The quantitative estimate of drug-likeness (QED) is 0.359. The van der Waals surface area contributed by atoms with Gasteiger partial charge in [0, 0.05) is 15.5 Å². The molecular weight excluding hydrogens is 359 g/mol. The maximum atomic E-state index is 11.9. The van der Waals surface area contributed by atoms with Crippen molar-refractivity contribution in [1.82, 2.24) is 9.55 Å². The van der Waals surface area contributed by atoms with Gasteiger partial charge in [0.1, 0.15) is 5.03 Å². The van der Waals surface area contributed by atoms with Gasteiger partial charge in [-0.05, 0) is 52.9 Å². The van der Waals surface area contributed by atoms with E-state index in [0.717, 1.165) is 20.0 Å². The van der Waals surface area contributed by atoms with Crippen LogP contribution in [0.15, 0.2) is 59.0 Å². The summed E-state index contributed by atoms with van der Waals surface area (Å²) < 4.78 is 2.67. The molecule has 5 heteroatoms. The Morgan fingerprint density at radius 1 is 1.33 bits per heavy atom. The van der Waals surface area contributed by atoms with Crippen LogP contribution in [0.3, 0.4) is 0 Å². The molecule has 1 aromatic heterocycles. The molecule has 0 aliphatic heterocycles. The summed E-state index contributed by atoms with van der Waals surface area (Å²) in [5, 5.41) is 0.724. The van der Waals surface area contributed by atoms with Crippen LogP contribution in [0.4, 0.5) is 0 Å². The highest BCUT2D eigenvalue weighted by atomic mass is 127. The van der Waals surface area contributed by atoms with E-state index >= 15 is 0 Å². The minimum Gasteiger partial charge on any atom is -0.268 e. The Labute approximate surface area is 123 Å². The molecule has 92 valence electrons. The Morgan fingerprint density at radius 2 is 2.06 bits per heavy atom. The van der Waals surface area contributed by atoms with Crippen molar-refractivity contribution in [3.63, 3.8) is 0 Å². The van der Waals surface area contributed by atoms with E-state index in [9.17, 15) is 4.79 Å². The molecule has 0 fully saturated rings. The van der Waals surface area contributed by atoms with Gasteiger partial charge in [-0.2, -0.15) is 4.98 Å². The normalized spacial score (nSPS) is 10.3. The van der Waals surface area contributed by atoms with Crippen molar-refractivity contribution < 1.29 is 0 Å². The molecule has 3 nitrogen and oxygen atoms in total. The number of aromatic nitrogens is 2. The third-order valence-electron chi connectivity index (χ3n) is 2.23. The number of hydrogen-bond donors (Lipinski definition) is 0. The molecule has 18 heavy (non-hydrogen) atoms. The standard InChI is InChI=1S/C13H11IN2OS/c1-2-9-18-12-7-8-16(13(17)15-12)11-5-3-10(14)4-6-11/h2-8H,1,9H2. The second-order valence-electron chi connectivity index (χ2n) is 3.49. The Morgan fingerprint density at radius 3 is 2.67 bits per heavy atom. The zero-order valence-electron chi connectivity index (χ0n) is 9.54. The second-order valence-corrected chi connectivity index (χ2v) is 5.78. The predicted octanol–water partition coefficient (Wildman–Crippen LogP) is 3.12. The molecule has 0 atom stereocenters. The van der Waals surface area contributed by atoms with Crippen LogP contribution in [-0.4, -0.2) is 15.3 Å². The van der Waals surface area contributed by atoms with E-state index < -0.39 is 0 Å². The van der Waals surface area contributed by atoms with E-state index in [0.29, 0.717) is 0 Å². The van der Waals surface area contributed by atoms with Gasteiger partial charge in [-0.3, -0.25) is 4.57 Å². The van der Waals surface area contributed by atoms with Crippen LogP contribution < -0.4 is 5.69 Å². The van der Waals surface area contributed by atoms with Crippen LogP contribution in [0.25, 0.3) is 5.69 Å². The average molecular weight is 370 g/mol. The van der Waals surface area contributed by atoms with Gasteiger partial charge < -0.3 is 0 Å². The molecule has 0 unspecified atom stereocenters. The maximum absolute atomic E-state index is 11.9. The monoisotopic (exact) mass is 370 g/mol. The molecule has 0 aliphatic carbocycles. The zero-order valence-corrected chi connectivity index (χ0v) is 12.5. The van der Waals surface area contributed by atoms with E-state index in [4.69, 9.17) is 0 Å². The Bertz CT molecular complexity index is 607. The summed E-state index contributed by atoms with van der Waals surface area (Å²) >= 11 is 3.73. The highest BCUT2D eigenvalue weighted by Crippen LogP contribution is 2.14. The maximum Gasteiger partial charge on any atom is 0.353 e. The number of hydrogen-bond acceptors (Lipinski definition) is 3. The fourth-order valence-electron chi connectivity index (χ4n) is 1.41. The summed E-state index contributed by atoms with van der Waals surface area (Å²) in [6.45, 7) is 3.64. The third-order valence-corrected chi connectivity index (χ3v) is 3.88. The van der Waals surface area contributed by atoms with Crippen LogP contribution in [0, 0.1) is 3.57 Å². The van der Waals surface area contributed by atoms with Gasteiger partial charge in [-0.1, -0.05) is 6.08 Å². The minimum atomic E-state index is -0.259. The van der Waals surface area contributed by atoms with Gasteiger partial charge in [0.15, 0.2) is 0 Å². The minimum absolute atomic E-state index is 0.259. The lowest BCUT2D eigenvalue weighted by atomic mass is 10.3. The van der Waals surface area contributed by atoms with E-state index in [1.807, 2.05) is 30.3 Å². The van der Waals surface area contributed by atoms with Crippen molar-refractivity contribution in [3.8, 4) is 5.69 Å². The van der Waals surface area contributed by atoms with Crippen molar-refractivity contribution in [2.24, 2.45) is 0 Å². The number of rotatable bonds is 4. The molecule has 0 spiro atoms. The second kappa shape index (κ2) is 6.19. The van der Waals surface area contributed by atoms with Gasteiger partial charge in [0.05, 0.1) is 5.69 Å². The molecule has 0 bridgehead atoms. The van der Waals surface area contributed by atoms with Gasteiger partial charge in [-0.25, -0.2) is 4.79 Å². The summed E-state index contributed by atoms with van der Waals surface area (Å²) in [5.41, 5.74) is 0.568. The molecular formula is C13H11IN2OS. The SMILES string of the molecule is C=CCSc1ccn(-c2ccc(I)cc2)c(=O)n1. The van der Waals surface area contributed by atoms with Crippen molar-refractivity contribution in [2.45, 2.75) is 5.03 Å². The molecule has 2 rings (SSSR count). The van der Waals surface area contributed by atoms with E-state index in [1.54, 1.807) is 12.3 Å².